The Morgan fingerprint density at radius 3 is 2.23 bits per heavy atom. The SMILES string of the molecule is Cn1c(=O)n(C)c2cc(Sc3ccc(F)cc3)c(NS(=O)(=O)c3ccccc3Cl)cc21. The van der Waals surface area contributed by atoms with Crippen molar-refractivity contribution in [2.45, 2.75) is 14.7 Å². The van der Waals surface area contributed by atoms with E-state index in [0.29, 0.717) is 20.8 Å². The number of nitrogens with zero attached hydrogens (tertiary/aromatic N) is 2. The van der Waals surface area contributed by atoms with Crippen LogP contribution in [0.4, 0.5) is 10.1 Å². The van der Waals surface area contributed by atoms with Gasteiger partial charge in [0.15, 0.2) is 0 Å². The molecule has 0 aliphatic heterocycles. The Kier molecular flexibility index (Phi) is 5.59. The Bertz CT molecular complexity index is 1460. The highest BCUT2D eigenvalue weighted by Crippen LogP contribution is 2.37. The lowest BCUT2D eigenvalue weighted by Gasteiger charge is -2.14. The van der Waals surface area contributed by atoms with Crippen LogP contribution in [-0.2, 0) is 24.1 Å². The number of anilines is 1. The van der Waals surface area contributed by atoms with Gasteiger partial charge >= 0.3 is 5.69 Å². The molecule has 31 heavy (non-hydrogen) atoms. The van der Waals surface area contributed by atoms with E-state index in [-0.39, 0.29) is 27.1 Å². The molecule has 4 aromatic rings. The summed E-state index contributed by atoms with van der Waals surface area (Å²) in [5.74, 6) is -0.370. The number of nitrogens with one attached hydrogen (secondary N) is 1. The number of halogens is 2. The minimum Gasteiger partial charge on any atom is -0.295 e. The molecule has 160 valence electrons. The van der Waals surface area contributed by atoms with Crippen LogP contribution in [0.25, 0.3) is 11.0 Å². The normalized spacial score (nSPS) is 11.7. The van der Waals surface area contributed by atoms with Crippen LogP contribution in [0, 0.1) is 5.82 Å². The molecule has 1 N–H and O–H groups in total. The number of hydrogen-bond donors (Lipinski definition) is 1. The summed E-state index contributed by atoms with van der Waals surface area (Å²) in [7, 11) is -0.741. The highest BCUT2D eigenvalue weighted by atomic mass is 35.5. The topological polar surface area (TPSA) is 73.1 Å². The van der Waals surface area contributed by atoms with E-state index in [1.54, 1.807) is 50.5 Å². The third-order valence-corrected chi connectivity index (χ3v) is 7.72. The maximum Gasteiger partial charge on any atom is 0.328 e. The van der Waals surface area contributed by atoms with E-state index < -0.39 is 10.0 Å². The van der Waals surface area contributed by atoms with Crippen LogP contribution in [0.1, 0.15) is 0 Å². The minimum atomic E-state index is -4.00. The molecule has 0 saturated heterocycles. The van der Waals surface area contributed by atoms with Crippen molar-refractivity contribution in [2.75, 3.05) is 4.72 Å². The molecule has 6 nitrogen and oxygen atoms in total. The van der Waals surface area contributed by atoms with Gasteiger partial charge in [0.2, 0.25) is 0 Å². The number of fused-ring (bicyclic) bond motifs is 1. The standard InChI is InChI=1S/C21H17ClFN3O3S2/c1-25-17-11-16(24-31(28,29)20-6-4-3-5-15(20)22)19(12-18(17)26(2)21(25)27)30-14-9-7-13(23)8-10-14/h3-12,24H,1-2H3. The van der Waals surface area contributed by atoms with E-state index in [1.165, 1.54) is 45.2 Å². The Labute approximate surface area is 187 Å². The first-order chi connectivity index (χ1) is 14.7. The fraction of sp³-hybridized carbons (Fsp3) is 0.0952. The van der Waals surface area contributed by atoms with Crippen molar-refractivity contribution in [3.05, 3.63) is 82.0 Å². The van der Waals surface area contributed by atoms with Gasteiger partial charge in [0.25, 0.3) is 10.0 Å². The molecule has 0 fully saturated rings. The van der Waals surface area contributed by atoms with Gasteiger partial charge in [-0.1, -0.05) is 35.5 Å². The number of sulfonamides is 1. The van der Waals surface area contributed by atoms with Gasteiger partial charge in [-0.05, 0) is 48.5 Å². The third-order valence-electron chi connectivity index (χ3n) is 4.79. The molecule has 0 aliphatic carbocycles. The molecular formula is C21H17ClFN3O3S2. The van der Waals surface area contributed by atoms with Crippen molar-refractivity contribution >= 4 is 50.1 Å². The second-order valence-electron chi connectivity index (χ2n) is 6.83. The summed E-state index contributed by atoms with van der Waals surface area (Å²) in [6.07, 6.45) is 0. The van der Waals surface area contributed by atoms with E-state index in [9.17, 15) is 17.6 Å². The summed E-state index contributed by atoms with van der Waals surface area (Å²) in [5.41, 5.74) is 1.24. The second-order valence-corrected chi connectivity index (χ2v) is 10.0. The molecular weight excluding hydrogens is 461 g/mol. The number of hydrogen-bond acceptors (Lipinski definition) is 4. The van der Waals surface area contributed by atoms with Crippen LogP contribution in [0.2, 0.25) is 5.02 Å². The summed E-state index contributed by atoms with van der Waals surface area (Å²) in [4.78, 5) is 13.6. The van der Waals surface area contributed by atoms with E-state index in [1.807, 2.05) is 0 Å². The molecule has 3 aromatic carbocycles. The van der Waals surface area contributed by atoms with E-state index in [2.05, 4.69) is 4.72 Å². The molecule has 1 aromatic heterocycles. The van der Waals surface area contributed by atoms with Gasteiger partial charge in [-0.3, -0.25) is 13.9 Å². The highest BCUT2D eigenvalue weighted by molar-refractivity contribution is 7.99. The number of aryl methyl sites for hydroxylation is 2. The average Bonchev–Trinajstić information content (AvgIpc) is 2.93. The van der Waals surface area contributed by atoms with Crippen LogP contribution in [0.3, 0.4) is 0 Å². The monoisotopic (exact) mass is 477 g/mol. The zero-order chi connectivity index (χ0) is 22.3. The molecule has 0 aliphatic rings. The first-order valence-electron chi connectivity index (χ1n) is 9.07. The Morgan fingerprint density at radius 1 is 0.968 bits per heavy atom. The largest absolute Gasteiger partial charge is 0.328 e. The van der Waals surface area contributed by atoms with Gasteiger partial charge in [0, 0.05) is 23.9 Å². The van der Waals surface area contributed by atoms with Gasteiger partial charge < -0.3 is 0 Å². The zero-order valence-electron chi connectivity index (χ0n) is 16.5. The molecule has 10 heteroatoms. The Morgan fingerprint density at radius 2 is 1.58 bits per heavy atom. The molecule has 0 spiro atoms. The molecule has 0 radical (unpaired) electrons. The molecule has 4 rings (SSSR count). The molecule has 1 heterocycles. The predicted octanol–water partition coefficient (Wildman–Crippen LogP) is 4.62. The minimum absolute atomic E-state index is 0.0588. The predicted molar refractivity (Wildman–Crippen MR) is 121 cm³/mol. The fourth-order valence-corrected chi connectivity index (χ4v) is 5.75. The van der Waals surface area contributed by atoms with E-state index in [0.717, 1.165) is 0 Å². The lowest BCUT2D eigenvalue weighted by Crippen LogP contribution is -2.19. The van der Waals surface area contributed by atoms with Gasteiger partial charge in [0.1, 0.15) is 10.7 Å². The number of rotatable bonds is 5. The van der Waals surface area contributed by atoms with E-state index in [4.69, 9.17) is 11.6 Å². The van der Waals surface area contributed by atoms with Crippen LogP contribution >= 0.6 is 23.4 Å². The quantitative estimate of drug-likeness (QED) is 0.455. The lowest BCUT2D eigenvalue weighted by molar-refractivity contribution is 0.601. The summed E-state index contributed by atoms with van der Waals surface area (Å²) in [6, 6.07) is 15.3. The van der Waals surface area contributed by atoms with Crippen molar-refractivity contribution in [3.8, 4) is 0 Å². The molecule has 0 saturated carbocycles. The van der Waals surface area contributed by atoms with Gasteiger partial charge in [-0.15, -0.1) is 0 Å². The summed E-state index contributed by atoms with van der Waals surface area (Å²) in [6.45, 7) is 0. The van der Waals surface area contributed by atoms with Crippen LogP contribution < -0.4 is 10.4 Å². The van der Waals surface area contributed by atoms with Crippen LogP contribution in [-0.4, -0.2) is 17.6 Å². The number of aromatic nitrogens is 2. The maximum atomic E-state index is 13.3. The zero-order valence-corrected chi connectivity index (χ0v) is 18.9. The average molecular weight is 478 g/mol. The molecule has 0 bridgehead atoms. The highest BCUT2D eigenvalue weighted by Gasteiger charge is 2.21. The van der Waals surface area contributed by atoms with Crippen molar-refractivity contribution in [2.24, 2.45) is 14.1 Å². The summed E-state index contributed by atoms with van der Waals surface area (Å²) in [5, 5.41) is 0.0935. The summed E-state index contributed by atoms with van der Waals surface area (Å²) < 4.78 is 44.9. The van der Waals surface area contributed by atoms with Crippen molar-refractivity contribution < 1.29 is 12.8 Å². The Hall–Kier alpha value is -2.75. The van der Waals surface area contributed by atoms with Gasteiger partial charge in [-0.2, -0.15) is 0 Å². The molecule has 0 amide bonds. The number of benzene rings is 3. The molecule has 0 atom stereocenters. The van der Waals surface area contributed by atoms with Crippen molar-refractivity contribution in [1.29, 1.82) is 0 Å². The Balaban J connectivity index is 1.87. The summed E-state index contributed by atoms with van der Waals surface area (Å²) >= 11 is 7.35. The molecule has 0 unspecified atom stereocenters. The van der Waals surface area contributed by atoms with Gasteiger partial charge in [-0.25, -0.2) is 17.6 Å². The van der Waals surface area contributed by atoms with Crippen molar-refractivity contribution in [3.63, 3.8) is 0 Å². The third kappa shape index (κ3) is 4.08. The fourth-order valence-electron chi connectivity index (χ4n) is 3.18. The first-order valence-corrected chi connectivity index (χ1v) is 11.8. The van der Waals surface area contributed by atoms with Crippen molar-refractivity contribution in [1.82, 2.24) is 9.13 Å². The van der Waals surface area contributed by atoms with E-state index >= 15 is 0 Å². The van der Waals surface area contributed by atoms with Crippen LogP contribution in [0.15, 0.2) is 80.1 Å². The second kappa shape index (κ2) is 8.07. The smallest absolute Gasteiger partial charge is 0.295 e. The van der Waals surface area contributed by atoms with Crippen LogP contribution in [0.5, 0.6) is 0 Å². The lowest BCUT2D eigenvalue weighted by atomic mass is 10.3. The first kappa shape index (κ1) is 21.5. The maximum absolute atomic E-state index is 13.3. The number of imidazole rings is 1. The van der Waals surface area contributed by atoms with Gasteiger partial charge in [0.05, 0.1) is 21.7 Å².